The van der Waals surface area contributed by atoms with Crippen LogP contribution in [0, 0.1) is 11.3 Å². The van der Waals surface area contributed by atoms with Gasteiger partial charge in [0.15, 0.2) is 5.96 Å². The highest BCUT2D eigenvalue weighted by atomic mass is 16.2. The monoisotopic (exact) mass is 313 g/mol. The molecule has 0 bridgehead atoms. The summed E-state index contributed by atoms with van der Waals surface area (Å²) in [7, 11) is 3.73. The van der Waals surface area contributed by atoms with Crippen LogP contribution in [0.5, 0.6) is 0 Å². The highest BCUT2D eigenvalue weighted by Crippen LogP contribution is 2.33. The fraction of sp³-hybridized carbons (Fsp3) is 0.562. The molecular formula is C16H24BN5O. The Bertz CT molecular complexity index is 617. The number of piperidine rings is 1. The fourth-order valence-electron chi connectivity index (χ4n) is 3.60. The number of guanidine groups is 1. The molecule has 2 aliphatic heterocycles. The third-order valence-corrected chi connectivity index (χ3v) is 5.18. The minimum absolute atomic E-state index is 0.0158. The van der Waals surface area contributed by atoms with E-state index in [0.717, 1.165) is 31.7 Å². The molecule has 0 aliphatic carbocycles. The van der Waals surface area contributed by atoms with Crippen molar-refractivity contribution in [2.75, 3.05) is 25.0 Å². The first-order valence-corrected chi connectivity index (χ1v) is 8.20. The maximum absolute atomic E-state index is 12.2. The van der Waals surface area contributed by atoms with Crippen molar-refractivity contribution in [2.45, 2.75) is 31.7 Å². The van der Waals surface area contributed by atoms with Crippen molar-refractivity contribution in [3.8, 4) is 0 Å². The number of rotatable bonds is 2. The van der Waals surface area contributed by atoms with Crippen LogP contribution >= 0.6 is 0 Å². The Kier molecular flexibility index (Phi) is 4.04. The molecule has 1 unspecified atom stereocenters. The van der Waals surface area contributed by atoms with Crippen molar-refractivity contribution in [3.63, 3.8) is 0 Å². The van der Waals surface area contributed by atoms with E-state index in [0.29, 0.717) is 12.3 Å². The molecular weight excluding hydrogens is 289 g/mol. The second kappa shape index (κ2) is 5.87. The number of pyridine rings is 1. The number of aromatic nitrogens is 1. The molecule has 0 spiro atoms. The average Bonchev–Trinajstić information content (AvgIpc) is 2.53. The van der Waals surface area contributed by atoms with Crippen molar-refractivity contribution < 1.29 is 4.79 Å². The minimum Gasteiger partial charge on any atom is -0.356 e. The van der Waals surface area contributed by atoms with Gasteiger partial charge in [0.05, 0.1) is 12.0 Å². The second-order valence-electron chi connectivity index (χ2n) is 7.00. The Morgan fingerprint density at radius 1 is 1.52 bits per heavy atom. The zero-order valence-corrected chi connectivity index (χ0v) is 14.1. The van der Waals surface area contributed by atoms with E-state index in [9.17, 15) is 4.79 Å². The Balaban J connectivity index is 1.78. The summed E-state index contributed by atoms with van der Waals surface area (Å²) in [5.74, 6) is 1.54. The van der Waals surface area contributed by atoms with Gasteiger partial charge in [0, 0.05) is 26.3 Å². The summed E-state index contributed by atoms with van der Waals surface area (Å²) in [4.78, 5) is 20.4. The zero-order chi connectivity index (χ0) is 16.6. The van der Waals surface area contributed by atoms with E-state index in [1.54, 1.807) is 7.05 Å². The van der Waals surface area contributed by atoms with Crippen molar-refractivity contribution in [3.05, 3.63) is 18.3 Å². The van der Waals surface area contributed by atoms with Gasteiger partial charge in [-0.1, -0.05) is 5.46 Å². The topological polar surface area (TPSA) is 72.3 Å². The first kappa shape index (κ1) is 15.8. The van der Waals surface area contributed by atoms with Gasteiger partial charge in [0.2, 0.25) is 5.91 Å². The fourth-order valence-corrected chi connectivity index (χ4v) is 3.60. The van der Waals surface area contributed by atoms with Crippen molar-refractivity contribution in [2.24, 2.45) is 5.92 Å². The molecule has 122 valence electrons. The highest BCUT2D eigenvalue weighted by molar-refractivity contribution is 6.32. The van der Waals surface area contributed by atoms with E-state index in [4.69, 9.17) is 5.41 Å². The maximum atomic E-state index is 12.2. The first-order valence-electron chi connectivity index (χ1n) is 8.20. The minimum atomic E-state index is -0.358. The molecule has 23 heavy (non-hydrogen) atoms. The molecule has 0 radical (unpaired) electrons. The van der Waals surface area contributed by atoms with Gasteiger partial charge in [-0.3, -0.25) is 15.1 Å². The summed E-state index contributed by atoms with van der Waals surface area (Å²) in [5.41, 5.74) is 0.848. The molecule has 0 saturated carbocycles. The summed E-state index contributed by atoms with van der Waals surface area (Å²) in [6.45, 7) is 3.93. The standard InChI is InChI=1S/C16H24BN5O/c1-16(9-14(23)21(2)15(18)20-16)11-4-3-7-22(10-11)13-8-12(17)5-6-19-13/h5-6,8,11H,3-4,7,9-10,17H2,1-2H3,(H2,18,20)/t11?,16-/m0/s1. The Hall–Kier alpha value is -2.05. The molecule has 2 atom stereocenters. The Morgan fingerprint density at radius 2 is 2.30 bits per heavy atom. The lowest BCUT2D eigenvalue weighted by Gasteiger charge is -2.47. The lowest BCUT2D eigenvalue weighted by atomic mass is 9.76. The van der Waals surface area contributed by atoms with Gasteiger partial charge in [-0.15, -0.1) is 0 Å². The molecule has 6 nitrogen and oxygen atoms in total. The smallest absolute Gasteiger partial charge is 0.231 e. The largest absolute Gasteiger partial charge is 0.356 e. The molecule has 7 heteroatoms. The number of nitrogens with zero attached hydrogens (tertiary/aromatic N) is 3. The molecule has 1 aromatic rings. The van der Waals surface area contributed by atoms with Crippen LogP contribution in [0.15, 0.2) is 18.3 Å². The van der Waals surface area contributed by atoms with Crippen LogP contribution in [0.4, 0.5) is 5.82 Å². The third-order valence-electron chi connectivity index (χ3n) is 5.18. The molecule has 2 aliphatic rings. The van der Waals surface area contributed by atoms with Gasteiger partial charge >= 0.3 is 0 Å². The van der Waals surface area contributed by atoms with Crippen LogP contribution in [0.2, 0.25) is 0 Å². The van der Waals surface area contributed by atoms with E-state index < -0.39 is 0 Å². The van der Waals surface area contributed by atoms with Gasteiger partial charge in [0.25, 0.3) is 0 Å². The summed E-state index contributed by atoms with van der Waals surface area (Å²) in [5, 5.41) is 11.3. The molecule has 1 amide bonds. The molecule has 2 saturated heterocycles. The number of hydrogen-bond donors (Lipinski definition) is 2. The first-order chi connectivity index (χ1) is 10.9. The maximum Gasteiger partial charge on any atom is 0.231 e. The number of nitrogens with one attached hydrogen (secondary N) is 2. The number of hydrogen-bond acceptors (Lipinski definition) is 4. The lowest BCUT2D eigenvalue weighted by Crippen LogP contribution is -2.65. The molecule has 3 heterocycles. The molecule has 3 rings (SSSR count). The second-order valence-corrected chi connectivity index (χ2v) is 7.00. The predicted octanol–water partition coefficient (Wildman–Crippen LogP) is -0.298. The van der Waals surface area contributed by atoms with Gasteiger partial charge in [0.1, 0.15) is 13.7 Å². The third kappa shape index (κ3) is 3.05. The summed E-state index contributed by atoms with van der Waals surface area (Å²) in [6, 6.07) is 4.12. The van der Waals surface area contributed by atoms with E-state index >= 15 is 0 Å². The van der Waals surface area contributed by atoms with Gasteiger partial charge < -0.3 is 10.2 Å². The quantitative estimate of drug-likeness (QED) is 0.736. The van der Waals surface area contributed by atoms with Gasteiger partial charge in [-0.05, 0) is 37.8 Å². The van der Waals surface area contributed by atoms with Crippen molar-refractivity contribution in [1.82, 2.24) is 15.2 Å². The van der Waals surface area contributed by atoms with Crippen LogP contribution in [-0.4, -0.2) is 55.3 Å². The molecule has 2 fully saturated rings. The number of anilines is 1. The molecule has 1 aromatic heterocycles. The van der Waals surface area contributed by atoms with Crippen molar-refractivity contribution in [1.29, 1.82) is 5.41 Å². The SMILES string of the molecule is Bc1ccnc(N2CCCC([C@]3(C)CC(=O)N(C)C(=N)N3)C2)c1. The zero-order valence-electron chi connectivity index (χ0n) is 14.1. The number of carbonyl (C=O) groups is 1. The van der Waals surface area contributed by atoms with E-state index in [1.165, 1.54) is 10.4 Å². The van der Waals surface area contributed by atoms with Crippen LogP contribution in [0.3, 0.4) is 0 Å². The van der Waals surface area contributed by atoms with Crippen LogP contribution in [0.1, 0.15) is 26.2 Å². The van der Waals surface area contributed by atoms with E-state index in [2.05, 4.69) is 36.0 Å². The lowest BCUT2D eigenvalue weighted by molar-refractivity contribution is -0.130. The molecule has 2 N–H and O–H groups in total. The number of carbonyl (C=O) groups excluding carboxylic acids is 1. The number of amides is 1. The summed E-state index contributed by atoms with van der Waals surface area (Å²) >= 11 is 0. The average molecular weight is 313 g/mol. The molecule has 0 aromatic carbocycles. The van der Waals surface area contributed by atoms with Crippen LogP contribution in [-0.2, 0) is 4.79 Å². The van der Waals surface area contributed by atoms with Crippen LogP contribution in [0.25, 0.3) is 0 Å². The van der Waals surface area contributed by atoms with Gasteiger partial charge in [-0.2, -0.15) is 0 Å². The van der Waals surface area contributed by atoms with Crippen molar-refractivity contribution >= 4 is 31.0 Å². The van der Waals surface area contributed by atoms with E-state index in [-0.39, 0.29) is 17.4 Å². The van der Waals surface area contributed by atoms with E-state index in [1.807, 2.05) is 12.3 Å². The van der Waals surface area contributed by atoms with Gasteiger partial charge in [-0.25, -0.2) is 4.98 Å². The summed E-state index contributed by atoms with van der Waals surface area (Å²) in [6.07, 6.45) is 4.43. The Labute approximate surface area is 138 Å². The normalized spacial score (nSPS) is 28.7. The predicted molar refractivity (Wildman–Crippen MR) is 94.0 cm³/mol. The summed E-state index contributed by atoms with van der Waals surface area (Å²) < 4.78 is 0. The highest BCUT2D eigenvalue weighted by Gasteiger charge is 2.43. The van der Waals surface area contributed by atoms with Crippen LogP contribution < -0.4 is 15.7 Å². The Morgan fingerprint density at radius 3 is 3.00 bits per heavy atom.